The topological polar surface area (TPSA) is 111 Å². The molecule has 0 spiro atoms. The van der Waals surface area contributed by atoms with Crippen LogP contribution in [0.3, 0.4) is 0 Å². The minimum atomic E-state index is -0.558. The Kier molecular flexibility index (Phi) is 5.88. The van der Waals surface area contributed by atoms with Gasteiger partial charge in [-0.25, -0.2) is 0 Å². The average Bonchev–Trinajstić information content (AvgIpc) is 2.45. The first-order valence-corrected chi connectivity index (χ1v) is 6.09. The van der Waals surface area contributed by atoms with Crippen LogP contribution < -0.4 is 11.3 Å². The fourth-order valence-corrected chi connectivity index (χ4v) is 1.60. The molecule has 0 radical (unpaired) electrons. The molecule has 8 nitrogen and oxygen atoms in total. The summed E-state index contributed by atoms with van der Waals surface area (Å²) in [5, 5.41) is 10.8. The van der Waals surface area contributed by atoms with Crippen LogP contribution in [0.1, 0.15) is 17.3 Å². The summed E-state index contributed by atoms with van der Waals surface area (Å²) in [5.41, 5.74) is 2.69. The number of hydrogen-bond donors (Lipinski definition) is 2. The molecule has 8 heteroatoms. The van der Waals surface area contributed by atoms with Crippen LogP contribution in [0.15, 0.2) is 18.2 Å². The number of nitrogens with two attached hydrogens (primary N) is 1. The van der Waals surface area contributed by atoms with Crippen molar-refractivity contribution in [3.05, 3.63) is 33.9 Å². The summed E-state index contributed by atoms with van der Waals surface area (Å²) in [5.74, 6) is 4.96. The molecule has 3 N–H and O–H groups in total. The van der Waals surface area contributed by atoms with Gasteiger partial charge in [0.2, 0.25) is 0 Å². The van der Waals surface area contributed by atoms with E-state index in [1.165, 1.54) is 23.1 Å². The molecule has 1 aromatic rings. The molecule has 1 amide bonds. The lowest BCUT2D eigenvalue weighted by molar-refractivity contribution is -0.384. The van der Waals surface area contributed by atoms with E-state index in [0.717, 1.165) is 0 Å². The number of hydrogen-bond acceptors (Lipinski definition) is 6. The predicted molar refractivity (Wildman–Crippen MR) is 74.4 cm³/mol. The number of benzene rings is 1. The minimum absolute atomic E-state index is 0.153. The van der Waals surface area contributed by atoms with Gasteiger partial charge in [0.25, 0.3) is 11.6 Å². The Balaban J connectivity index is 2.94. The molecule has 0 unspecified atom stereocenters. The molecule has 0 saturated carbocycles. The number of carbonyl (C=O) groups is 1. The van der Waals surface area contributed by atoms with Crippen LogP contribution in [0.4, 0.5) is 11.4 Å². The highest BCUT2D eigenvalue weighted by atomic mass is 16.6. The minimum Gasteiger partial charge on any atom is -0.380 e. The van der Waals surface area contributed by atoms with Crippen LogP contribution >= 0.6 is 0 Å². The number of nitrogens with one attached hydrogen (secondary N) is 1. The smallest absolute Gasteiger partial charge is 0.270 e. The van der Waals surface area contributed by atoms with Crippen molar-refractivity contribution in [2.24, 2.45) is 5.84 Å². The van der Waals surface area contributed by atoms with Crippen LogP contribution in [0.5, 0.6) is 0 Å². The Hall–Kier alpha value is -2.19. The van der Waals surface area contributed by atoms with Crippen LogP contribution in [-0.2, 0) is 4.74 Å². The maximum Gasteiger partial charge on any atom is 0.270 e. The molecule has 20 heavy (non-hydrogen) atoms. The maximum atomic E-state index is 12.2. The van der Waals surface area contributed by atoms with Gasteiger partial charge >= 0.3 is 0 Å². The van der Waals surface area contributed by atoms with E-state index in [4.69, 9.17) is 10.6 Å². The van der Waals surface area contributed by atoms with Crippen molar-refractivity contribution in [2.75, 3.05) is 32.2 Å². The van der Waals surface area contributed by atoms with Gasteiger partial charge in [0.1, 0.15) is 0 Å². The second-order valence-electron chi connectivity index (χ2n) is 4.05. The Morgan fingerprint density at radius 2 is 2.25 bits per heavy atom. The number of carbonyl (C=O) groups excluding carboxylic acids is 1. The molecule has 0 aliphatic rings. The third-order valence-corrected chi connectivity index (χ3v) is 2.72. The number of nitrogen functional groups attached to an aromatic ring is 1. The Morgan fingerprint density at radius 1 is 1.55 bits per heavy atom. The van der Waals surface area contributed by atoms with E-state index in [1.54, 1.807) is 7.05 Å². The molecule has 110 valence electrons. The van der Waals surface area contributed by atoms with Gasteiger partial charge in [0.05, 0.1) is 22.8 Å². The maximum absolute atomic E-state index is 12.2. The fourth-order valence-electron chi connectivity index (χ4n) is 1.60. The average molecular weight is 282 g/mol. The molecule has 0 aliphatic carbocycles. The summed E-state index contributed by atoms with van der Waals surface area (Å²) in [6.45, 7) is 3.21. The number of nitro benzene ring substituents is 1. The third kappa shape index (κ3) is 3.90. The molecule has 0 atom stereocenters. The van der Waals surface area contributed by atoms with E-state index in [2.05, 4.69) is 5.43 Å². The summed E-state index contributed by atoms with van der Waals surface area (Å²) in [6, 6.07) is 3.89. The van der Waals surface area contributed by atoms with E-state index in [1.807, 2.05) is 6.92 Å². The summed E-state index contributed by atoms with van der Waals surface area (Å²) < 4.78 is 5.17. The van der Waals surface area contributed by atoms with E-state index in [0.29, 0.717) is 25.4 Å². The Morgan fingerprint density at radius 3 is 2.80 bits per heavy atom. The van der Waals surface area contributed by atoms with Gasteiger partial charge < -0.3 is 15.1 Å². The Bertz CT molecular complexity index is 492. The van der Waals surface area contributed by atoms with E-state index in [-0.39, 0.29) is 17.2 Å². The normalized spacial score (nSPS) is 10.2. The van der Waals surface area contributed by atoms with Crippen molar-refractivity contribution in [1.29, 1.82) is 0 Å². The second-order valence-corrected chi connectivity index (χ2v) is 4.05. The standard InChI is InChI=1S/C12H18N4O4/c1-3-20-7-6-15(2)12(17)10-8-9(16(18)19)4-5-11(10)14-13/h4-5,8,14H,3,6-7,13H2,1-2H3. The summed E-state index contributed by atoms with van der Waals surface area (Å²) in [6.07, 6.45) is 0. The molecular formula is C12H18N4O4. The molecule has 0 aliphatic heterocycles. The number of nitro groups is 1. The first-order valence-electron chi connectivity index (χ1n) is 6.09. The fraction of sp³-hybridized carbons (Fsp3) is 0.417. The van der Waals surface area contributed by atoms with Crippen molar-refractivity contribution >= 4 is 17.3 Å². The Labute approximate surface area is 116 Å². The third-order valence-electron chi connectivity index (χ3n) is 2.72. The van der Waals surface area contributed by atoms with Crippen molar-refractivity contribution < 1.29 is 14.5 Å². The lowest BCUT2D eigenvalue weighted by Crippen LogP contribution is -2.31. The first-order chi connectivity index (χ1) is 9.51. The van der Waals surface area contributed by atoms with E-state index >= 15 is 0 Å². The van der Waals surface area contributed by atoms with Crippen LogP contribution in [0.25, 0.3) is 0 Å². The molecule has 0 bridgehead atoms. The van der Waals surface area contributed by atoms with Crippen molar-refractivity contribution in [2.45, 2.75) is 6.92 Å². The predicted octanol–water partition coefficient (Wildman–Crippen LogP) is 0.989. The highest BCUT2D eigenvalue weighted by Crippen LogP contribution is 2.22. The zero-order valence-corrected chi connectivity index (χ0v) is 11.5. The lowest BCUT2D eigenvalue weighted by atomic mass is 10.1. The van der Waals surface area contributed by atoms with Crippen LogP contribution in [0, 0.1) is 10.1 Å². The number of rotatable bonds is 7. The van der Waals surface area contributed by atoms with Crippen LogP contribution in [0.2, 0.25) is 0 Å². The zero-order chi connectivity index (χ0) is 15.1. The molecular weight excluding hydrogens is 264 g/mol. The quantitative estimate of drug-likeness (QED) is 0.334. The molecule has 0 heterocycles. The summed E-state index contributed by atoms with van der Waals surface area (Å²) in [4.78, 5) is 23.9. The van der Waals surface area contributed by atoms with Crippen molar-refractivity contribution in [3.63, 3.8) is 0 Å². The SMILES string of the molecule is CCOCCN(C)C(=O)c1cc([N+](=O)[O-])ccc1NN. The highest BCUT2D eigenvalue weighted by Gasteiger charge is 2.19. The van der Waals surface area contributed by atoms with Gasteiger partial charge in [-0.3, -0.25) is 20.8 Å². The van der Waals surface area contributed by atoms with Gasteiger partial charge in [-0.05, 0) is 13.0 Å². The number of non-ortho nitro benzene ring substituents is 1. The van der Waals surface area contributed by atoms with Crippen molar-refractivity contribution in [3.8, 4) is 0 Å². The van der Waals surface area contributed by atoms with Gasteiger partial charge in [0.15, 0.2) is 0 Å². The van der Waals surface area contributed by atoms with Crippen LogP contribution in [-0.4, -0.2) is 42.5 Å². The second kappa shape index (κ2) is 7.41. The number of anilines is 1. The number of amides is 1. The zero-order valence-electron chi connectivity index (χ0n) is 11.5. The summed E-state index contributed by atoms with van der Waals surface area (Å²) in [7, 11) is 1.60. The molecule has 0 fully saturated rings. The highest BCUT2D eigenvalue weighted by molar-refractivity contribution is 6.00. The number of ether oxygens (including phenoxy) is 1. The van der Waals surface area contributed by atoms with E-state index in [9.17, 15) is 14.9 Å². The molecule has 0 saturated heterocycles. The van der Waals surface area contributed by atoms with Crippen molar-refractivity contribution in [1.82, 2.24) is 4.90 Å². The van der Waals surface area contributed by atoms with Gasteiger partial charge in [0, 0.05) is 32.3 Å². The van der Waals surface area contributed by atoms with E-state index < -0.39 is 4.92 Å². The molecule has 1 rings (SSSR count). The number of hydrazine groups is 1. The number of nitrogens with zero attached hydrogens (tertiary/aromatic N) is 2. The number of likely N-dealkylation sites (N-methyl/N-ethyl adjacent to an activating group) is 1. The lowest BCUT2D eigenvalue weighted by Gasteiger charge is -2.18. The van der Waals surface area contributed by atoms with Gasteiger partial charge in [-0.15, -0.1) is 0 Å². The molecule has 0 aromatic heterocycles. The summed E-state index contributed by atoms with van der Waals surface area (Å²) >= 11 is 0. The monoisotopic (exact) mass is 282 g/mol. The van der Waals surface area contributed by atoms with Gasteiger partial charge in [-0.1, -0.05) is 0 Å². The first kappa shape index (κ1) is 15.9. The van der Waals surface area contributed by atoms with Gasteiger partial charge in [-0.2, -0.15) is 0 Å². The molecule has 1 aromatic carbocycles. The largest absolute Gasteiger partial charge is 0.380 e.